The van der Waals surface area contributed by atoms with Crippen LogP contribution in [0.25, 0.3) is 0 Å². The summed E-state index contributed by atoms with van der Waals surface area (Å²) >= 11 is 6.04. The van der Waals surface area contributed by atoms with Gasteiger partial charge < -0.3 is 11.1 Å². The summed E-state index contributed by atoms with van der Waals surface area (Å²) < 4.78 is 13.9. The van der Waals surface area contributed by atoms with Crippen LogP contribution in [0.5, 0.6) is 0 Å². The van der Waals surface area contributed by atoms with Crippen LogP contribution in [-0.4, -0.2) is 18.5 Å². The number of hydrogen-bond acceptors (Lipinski definition) is 2. The topological polar surface area (TPSA) is 55.1 Å². The lowest BCUT2D eigenvalue weighted by Gasteiger charge is -2.27. The van der Waals surface area contributed by atoms with Gasteiger partial charge in [-0.15, -0.1) is 12.4 Å². The number of nitrogens with one attached hydrogen (secondary N) is 1. The number of rotatable bonds is 5. The van der Waals surface area contributed by atoms with Gasteiger partial charge in [-0.05, 0) is 19.1 Å². The van der Waals surface area contributed by atoms with Gasteiger partial charge in [0.15, 0.2) is 0 Å². The van der Waals surface area contributed by atoms with E-state index < -0.39 is 5.41 Å². The van der Waals surface area contributed by atoms with E-state index >= 15 is 0 Å². The molecule has 6 heteroatoms. The number of carbonyl (C=O) groups is 1. The molecule has 0 heterocycles. The van der Waals surface area contributed by atoms with Crippen molar-refractivity contribution in [1.29, 1.82) is 0 Å². The van der Waals surface area contributed by atoms with Crippen LogP contribution in [0.2, 0.25) is 5.02 Å². The molecule has 0 aliphatic rings. The highest BCUT2D eigenvalue weighted by molar-refractivity contribution is 6.31. The Morgan fingerprint density at radius 3 is 2.60 bits per heavy atom. The minimum atomic E-state index is -0.587. The van der Waals surface area contributed by atoms with Crippen molar-refractivity contribution in [2.75, 3.05) is 6.54 Å². The number of nitrogens with two attached hydrogens (primary N) is 1. The third kappa shape index (κ3) is 5.27. The van der Waals surface area contributed by atoms with Crippen LogP contribution < -0.4 is 11.1 Å². The Balaban J connectivity index is 0.00000361. The maximum absolute atomic E-state index is 13.9. The lowest BCUT2D eigenvalue weighted by Crippen LogP contribution is -2.39. The molecule has 3 N–H and O–H groups in total. The van der Waals surface area contributed by atoms with E-state index in [-0.39, 0.29) is 36.6 Å². The van der Waals surface area contributed by atoms with Crippen molar-refractivity contribution >= 4 is 29.9 Å². The quantitative estimate of drug-likeness (QED) is 0.875. The van der Waals surface area contributed by atoms with Gasteiger partial charge in [-0.3, -0.25) is 4.79 Å². The Labute approximate surface area is 130 Å². The monoisotopic (exact) mass is 322 g/mol. The molecule has 1 aromatic rings. The number of halogens is 3. The second kappa shape index (κ2) is 7.81. The van der Waals surface area contributed by atoms with Gasteiger partial charge >= 0.3 is 0 Å². The van der Waals surface area contributed by atoms with Gasteiger partial charge in [0, 0.05) is 35.0 Å². The molecule has 0 bridgehead atoms. The molecule has 0 aliphatic carbocycles. The summed E-state index contributed by atoms with van der Waals surface area (Å²) in [4.78, 5) is 11.6. The molecule has 1 amide bonds. The van der Waals surface area contributed by atoms with Crippen molar-refractivity contribution in [2.45, 2.75) is 38.6 Å². The number of carbonyl (C=O) groups excluding carboxylic acids is 1. The van der Waals surface area contributed by atoms with Gasteiger partial charge in [-0.1, -0.05) is 31.5 Å². The number of amides is 1. The van der Waals surface area contributed by atoms with E-state index in [0.717, 1.165) is 0 Å². The first-order chi connectivity index (χ1) is 8.74. The highest BCUT2D eigenvalue weighted by Crippen LogP contribution is 2.31. The molecule has 1 aromatic carbocycles. The second-order valence-electron chi connectivity index (χ2n) is 5.44. The summed E-state index contributed by atoms with van der Waals surface area (Å²) in [5.41, 5.74) is 5.38. The molecule has 3 nitrogen and oxygen atoms in total. The summed E-state index contributed by atoms with van der Waals surface area (Å²) in [7, 11) is 0. The van der Waals surface area contributed by atoms with Crippen LogP contribution in [0.1, 0.15) is 32.8 Å². The molecule has 0 saturated carbocycles. The normalized spacial score (nSPS) is 12.5. The highest BCUT2D eigenvalue weighted by atomic mass is 35.5. The van der Waals surface area contributed by atoms with Gasteiger partial charge in [0.1, 0.15) is 5.82 Å². The maximum atomic E-state index is 13.9. The van der Waals surface area contributed by atoms with Crippen molar-refractivity contribution in [3.8, 4) is 0 Å². The van der Waals surface area contributed by atoms with Crippen molar-refractivity contribution in [3.05, 3.63) is 34.6 Å². The molecule has 0 fully saturated rings. The molecule has 20 heavy (non-hydrogen) atoms. The number of hydrogen-bond donors (Lipinski definition) is 2. The van der Waals surface area contributed by atoms with Gasteiger partial charge in [0.2, 0.25) is 5.91 Å². The van der Waals surface area contributed by atoms with E-state index in [1.54, 1.807) is 19.1 Å². The van der Waals surface area contributed by atoms with E-state index in [4.69, 9.17) is 17.3 Å². The predicted octanol–water partition coefficient (Wildman–Crippen LogP) is 3.03. The zero-order valence-electron chi connectivity index (χ0n) is 11.9. The van der Waals surface area contributed by atoms with E-state index in [2.05, 4.69) is 5.32 Å². The average molecular weight is 323 g/mol. The molecule has 1 rings (SSSR count). The second-order valence-corrected chi connectivity index (χ2v) is 5.85. The molecule has 0 saturated heterocycles. The molecular weight excluding hydrogens is 302 g/mol. The standard InChI is InChI=1S/C14H20ClFN2O.ClH/c1-9(17)7-12(19)18-8-14(2,3)13-10(15)5-4-6-11(13)16;/h4-6,9H,7-8,17H2,1-3H3,(H,18,19);1H. The fourth-order valence-corrected chi connectivity index (χ4v) is 2.34. The van der Waals surface area contributed by atoms with Gasteiger partial charge in [-0.25, -0.2) is 4.39 Å². The van der Waals surface area contributed by atoms with E-state index in [9.17, 15) is 9.18 Å². The zero-order chi connectivity index (χ0) is 14.6. The molecular formula is C14H21Cl2FN2O. The Bertz CT molecular complexity index is 444. The minimum absolute atomic E-state index is 0. The third-order valence-corrected chi connectivity index (χ3v) is 3.19. The van der Waals surface area contributed by atoms with Gasteiger partial charge in [0.25, 0.3) is 0 Å². The fraction of sp³-hybridized carbons (Fsp3) is 0.500. The summed E-state index contributed by atoms with van der Waals surface area (Å²) in [6, 6.07) is 4.38. The zero-order valence-corrected chi connectivity index (χ0v) is 13.4. The van der Waals surface area contributed by atoms with E-state index in [1.165, 1.54) is 6.07 Å². The summed E-state index contributed by atoms with van der Waals surface area (Å²) in [5, 5.41) is 3.13. The van der Waals surface area contributed by atoms with Crippen molar-refractivity contribution in [3.63, 3.8) is 0 Å². The Hall–Kier alpha value is -0.840. The molecule has 1 unspecified atom stereocenters. The lowest BCUT2D eigenvalue weighted by atomic mass is 9.84. The van der Waals surface area contributed by atoms with Gasteiger partial charge in [0.05, 0.1) is 0 Å². The third-order valence-electron chi connectivity index (χ3n) is 2.87. The SMILES string of the molecule is CC(N)CC(=O)NCC(C)(C)c1c(F)cccc1Cl.Cl. The van der Waals surface area contributed by atoms with Crippen LogP contribution in [0.4, 0.5) is 4.39 Å². The first kappa shape index (κ1) is 19.2. The summed E-state index contributed by atoms with van der Waals surface area (Å²) in [5.74, 6) is -0.505. The van der Waals surface area contributed by atoms with E-state index in [0.29, 0.717) is 17.1 Å². The van der Waals surface area contributed by atoms with Crippen LogP contribution >= 0.6 is 24.0 Å². The first-order valence-electron chi connectivity index (χ1n) is 6.21. The molecule has 0 aromatic heterocycles. The van der Waals surface area contributed by atoms with Crippen LogP contribution in [0.3, 0.4) is 0 Å². The molecule has 114 valence electrons. The minimum Gasteiger partial charge on any atom is -0.355 e. The molecule has 0 aliphatic heterocycles. The Morgan fingerprint density at radius 1 is 1.50 bits per heavy atom. The van der Waals surface area contributed by atoms with Crippen LogP contribution in [0.15, 0.2) is 18.2 Å². The van der Waals surface area contributed by atoms with Crippen LogP contribution in [0, 0.1) is 5.82 Å². The maximum Gasteiger partial charge on any atom is 0.221 e. The average Bonchev–Trinajstić information content (AvgIpc) is 2.25. The van der Waals surface area contributed by atoms with E-state index in [1.807, 2.05) is 13.8 Å². The molecule has 0 spiro atoms. The Kier molecular flexibility index (Phi) is 7.49. The Morgan fingerprint density at radius 2 is 2.10 bits per heavy atom. The van der Waals surface area contributed by atoms with Gasteiger partial charge in [-0.2, -0.15) is 0 Å². The summed E-state index contributed by atoms with van der Waals surface area (Å²) in [6.07, 6.45) is 0.251. The first-order valence-corrected chi connectivity index (χ1v) is 6.58. The lowest BCUT2D eigenvalue weighted by molar-refractivity contribution is -0.121. The molecule has 1 atom stereocenters. The summed E-state index contributed by atoms with van der Waals surface area (Å²) in [6.45, 7) is 5.74. The smallest absolute Gasteiger partial charge is 0.221 e. The predicted molar refractivity (Wildman–Crippen MR) is 83.0 cm³/mol. The van der Waals surface area contributed by atoms with Crippen molar-refractivity contribution < 1.29 is 9.18 Å². The number of benzene rings is 1. The highest BCUT2D eigenvalue weighted by Gasteiger charge is 2.27. The largest absolute Gasteiger partial charge is 0.355 e. The fourth-order valence-electron chi connectivity index (χ4n) is 1.92. The van der Waals surface area contributed by atoms with Crippen LogP contribution in [-0.2, 0) is 10.2 Å². The molecule has 0 radical (unpaired) electrons. The van der Waals surface area contributed by atoms with Crippen molar-refractivity contribution in [1.82, 2.24) is 5.32 Å². The van der Waals surface area contributed by atoms with Crippen molar-refractivity contribution in [2.24, 2.45) is 5.73 Å².